The Morgan fingerprint density at radius 1 is 1.07 bits per heavy atom. The second-order valence-electron chi connectivity index (χ2n) is 10.3. The molecule has 0 amide bonds. The Morgan fingerprint density at radius 3 is 2.53 bits per heavy atom. The van der Waals surface area contributed by atoms with Crippen molar-refractivity contribution in [1.29, 1.82) is 0 Å². The fourth-order valence-corrected chi connectivity index (χ4v) is 7.26. The molecule has 1 atom stereocenters. The second kappa shape index (κ2) is 11.6. The number of methoxy groups -OCH3 is 1. The summed E-state index contributed by atoms with van der Waals surface area (Å²) in [4.78, 5) is 33.1. The first-order valence-electron chi connectivity index (χ1n) is 13.9. The van der Waals surface area contributed by atoms with Crippen LogP contribution in [0.1, 0.15) is 42.4 Å². The minimum atomic E-state index is -0.780. The third-order valence-corrected chi connectivity index (χ3v) is 9.48. The number of halogens is 1. The summed E-state index contributed by atoms with van der Waals surface area (Å²) in [7, 11) is 1.60. The highest BCUT2D eigenvalue weighted by Gasteiger charge is 2.36. The molecule has 218 valence electrons. The van der Waals surface area contributed by atoms with Gasteiger partial charge in [0.25, 0.3) is 5.56 Å². The van der Waals surface area contributed by atoms with Crippen molar-refractivity contribution in [3.05, 3.63) is 124 Å². The van der Waals surface area contributed by atoms with Crippen LogP contribution < -0.4 is 19.6 Å². The normalized spacial score (nSPS) is 15.0. The van der Waals surface area contributed by atoms with Gasteiger partial charge in [-0.3, -0.25) is 9.36 Å². The molecule has 1 aliphatic rings. The molecule has 0 aliphatic carbocycles. The Balaban J connectivity index is 1.60. The molecule has 0 radical (unpaired) electrons. The third-order valence-electron chi connectivity index (χ3n) is 7.78. The van der Waals surface area contributed by atoms with Gasteiger partial charge < -0.3 is 14.0 Å². The van der Waals surface area contributed by atoms with E-state index >= 15 is 0 Å². The molecular formula is C34H30IN3O4S. The number of aromatic nitrogens is 2. The lowest BCUT2D eigenvalue weighted by Crippen LogP contribution is -2.40. The number of esters is 1. The zero-order valence-corrected chi connectivity index (χ0v) is 27.4. The highest BCUT2D eigenvalue weighted by atomic mass is 127. The maximum atomic E-state index is 14.3. The number of carbonyl (C=O) groups excluding carboxylic acids is 1. The molecule has 0 spiro atoms. The van der Waals surface area contributed by atoms with Gasteiger partial charge in [0.15, 0.2) is 4.80 Å². The van der Waals surface area contributed by atoms with E-state index in [4.69, 9.17) is 14.5 Å². The van der Waals surface area contributed by atoms with Crippen LogP contribution in [0.2, 0.25) is 0 Å². The lowest BCUT2D eigenvalue weighted by molar-refractivity contribution is -0.139. The zero-order valence-electron chi connectivity index (χ0n) is 24.5. The molecule has 0 bridgehead atoms. The summed E-state index contributed by atoms with van der Waals surface area (Å²) < 4.78 is 16.9. The maximum Gasteiger partial charge on any atom is 0.338 e. The Kier molecular flexibility index (Phi) is 7.87. The standard InChI is InChI=1S/C34H30IN3O4S/c1-6-42-33(40)29-20(3)36-34-38(31(29)30-26-10-8-7-9-22(26)11-16-27(30)41-5)32(39)28(43-34)18-23-17-19(2)37(21(23)4)25-14-12-24(35)13-15-25/h7-18,31H,6H2,1-5H3/b28-18-/t31-/m0/s1. The minimum absolute atomic E-state index is 0.204. The molecule has 0 saturated heterocycles. The molecule has 2 aromatic heterocycles. The number of benzene rings is 3. The topological polar surface area (TPSA) is 74.8 Å². The van der Waals surface area contributed by atoms with E-state index in [2.05, 4.69) is 71.3 Å². The monoisotopic (exact) mass is 703 g/mol. The van der Waals surface area contributed by atoms with Crippen LogP contribution in [0.15, 0.2) is 87.8 Å². The van der Waals surface area contributed by atoms with E-state index in [1.165, 1.54) is 14.9 Å². The number of allylic oxidation sites excluding steroid dienone is 1. The molecule has 0 N–H and O–H groups in total. The Hall–Kier alpha value is -3.96. The fraction of sp³-hybridized carbons (Fsp3) is 0.206. The molecule has 0 saturated carbocycles. The van der Waals surface area contributed by atoms with Gasteiger partial charge in [-0.25, -0.2) is 9.79 Å². The molecule has 3 heterocycles. The van der Waals surface area contributed by atoms with Gasteiger partial charge in [-0.05, 0) is 109 Å². The van der Waals surface area contributed by atoms with Crippen LogP contribution >= 0.6 is 33.9 Å². The summed E-state index contributed by atoms with van der Waals surface area (Å²) in [5, 5.41) is 1.86. The van der Waals surface area contributed by atoms with E-state index in [0.29, 0.717) is 26.4 Å². The summed E-state index contributed by atoms with van der Waals surface area (Å²) in [6.45, 7) is 7.88. The molecule has 7 nitrogen and oxygen atoms in total. The number of ether oxygens (including phenoxy) is 2. The van der Waals surface area contributed by atoms with E-state index in [1.54, 1.807) is 25.5 Å². The zero-order chi connectivity index (χ0) is 30.4. The largest absolute Gasteiger partial charge is 0.496 e. The van der Waals surface area contributed by atoms with Gasteiger partial charge in [-0.2, -0.15) is 0 Å². The number of thiazole rings is 1. The van der Waals surface area contributed by atoms with E-state index in [9.17, 15) is 9.59 Å². The van der Waals surface area contributed by atoms with Crippen LogP contribution in [0.3, 0.4) is 0 Å². The molecule has 43 heavy (non-hydrogen) atoms. The summed E-state index contributed by atoms with van der Waals surface area (Å²) in [5.41, 5.74) is 5.45. The van der Waals surface area contributed by atoms with Crippen molar-refractivity contribution in [2.24, 2.45) is 4.99 Å². The predicted octanol–water partition coefficient (Wildman–Crippen LogP) is 5.97. The van der Waals surface area contributed by atoms with E-state index in [-0.39, 0.29) is 12.2 Å². The average Bonchev–Trinajstić information content (AvgIpc) is 3.45. The third kappa shape index (κ3) is 5.04. The van der Waals surface area contributed by atoms with Crippen LogP contribution in [0.4, 0.5) is 0 Å². The van der Waals surface area contributed by atoms with Crippen LogP contribution in [-0.2, 0) is 9.53 Å². The SMILES string of the molecule is CCOC(=O)C1=C(C)N=c2s/c(=C\c3cc(C)n(-c4ccc(I)cc4)c3C)c(=O)n2[C@@H]1c1c(OC)ccc2ccccc12. The number of rotatable bonds is 6. The highest BCUT2D eigenvalue weighted by Crippen LogP contribution is 2.40. The summed E-state index contributed by atoms with van der Waals surface area (Å²) in [6.07, 6.45) is 1.93. The van der Waals surface area contributed by atoms with Gasteiger partial charge in [0.1, 0.15) is 11.8 Å². The van der Waals surface area contributed by atoms with Gasteiger partial charge in [-0.15, -0.1) is 0 Å². The molecular weight excluding hydrogens is 673 g/mol. The van der Waals surface area contributed by atoms with Gasteiger partial charge in [-0.1, -0.05) is 41.7 Å². The van der Waals surface area contributed by atoms with Crippen LogP contribution in [0, 0.1) is 17.4 Å². The van der Waals surface area contributed by atoms with Crippen LogP contribution in [0.5, 0.6) is 5.75 Å². The quantitative estimate of drug-likeness (QED) is 0.161. The number of hydrogen-bond acceptors (Lipinski definition) is 6. The lowest BCUT2D eigenvalue weighted by Gasteiger charge is -2.27. The van der Waals surface area contributed by atoms with Gasteiger partial charge in [0, 0.05) is 26.2 Å². The second-order valence-corrected chi connectivity index (χ2v) is 12.6. The van der Waals surface area contributed by atoms with Crippen molar-refractivity contribution in [2.45, 2.75) is 33.7 Å². The summed E-state index contributed by atoms with van der Waals surface area (Å²) in [5.74, 6) is 0.0786. The molecule has 0 fully saturated rings. The number of hydrogen-bond donors (Lipinski definition) is 0. The minimum Gasteiger partial charge on any atom is -0.496 e. The first kappa shape index (κ1) is 29.1. The Bertz CT molecular complexity index is 2120. The van der Waals surface area contributed by atoms with E-state index < -0.39 is 12.0 Å². The van der Waals surface area contributed by atoms with E-state index in [0.717, 1.165) is 39.0 Å². The van der Waals surface area contributed by atoms with Crippen molar-refractivity contribution < 1.29 is 14.3 Å². The van der Waals surface area contributed by atoms with Gasteiger partial charge in [0.05, 0.1) is 29.5 Å². The van der Waals surface area contributed by atoms with Gasteiger partial charge >= 0.3 is 5.97 Å². The number of nitrogens with zero attached hydrogens (tertiary/aromatic N) is 3. The Morgan fingerprint density at radius 2 is 1.81 bits per heavy atom. The number of aryl methyl sites for hydroxylation is 1. The number of carbonyl (C=O) groups is 1. The Labute approximate surface area is 266 Å². The van der Waals surface area contributed by atoms with Crippen LogP contribution in [-0.4, -0.2) is 28.8 Å². The van der Waals surface area contributed by atoms with Crippen molar-refractivity contribution in [2.75, 3.05) is 13.7 Å². The molecule has 1 aliphatic heterocycles. The first-order valence-corrected chi connectivity index (χ1v) is 15.8. The fourth-order valence-electron chi connectivity index (χ4n) is 5.86. The smallest absolute Gasteiger partial charge is 0.338 e. The first-order chi connectivity index (χ1) is 20.7. The van der Waals surface area contributed by atoms with Crippen molar-refractivity contribution in [1.82, 2.24) is 9.13 Å². The predicted molar refractivity (Wildman–Crippen MR) is 179 cm³/mol. The van der Waals surface area contributed by atoms with Crippen molar-refractivity contribution >= 4 is 56.7 Å². The van der Waals surface area contributed by atoms with Crippen molar-refractivity contribution in [3.8, 4) is 11.4 Å². The van der Waals surface area contributed by atoms with E-state index in [1.807, 2.05) is 42.5 Å². The summed E-state index contributed by atoms with van der Waals surface area (Å²) in [6, 6.07) is 21.4. The van der Waals surface area contributed by atoms with Gasteiger partial charge in [0.2, 0.25) is 0 Å². The number of fused-ring (bicyclic) bond motifs is 2. The highest BCUT2D eigenvalue weighted by molar-refractivity contribution is 14.1. The molecule has 3 aromatic carbocycles. The summed E-state index contributed by atoms with van der Waals surface area (Å²) >= 11 is 3.62. The maximum absolute atomic E-state index is 14.3. The molecule has 5 aromatic rings. The van der Waals surface area contributed by atoms with Crippen LogP contribution in [0.25, 0.3) is 22.5 Å². The molecule has 6 rings (SSSR count). The average molecular weight is 704 g/mol. The lowest BCUT2D eigenvalue weighted by atomic mass is 9.90. The molecule has 9 heteroatoms. The van der Waals surface area contributed by atoms with Crippen molar-refractivity contribution in [3.63, 3.8) is 0 Å². The molecule has 0 unspecified atom stereocenters.